The van der Waals surface area contributed by atoms with Gasteiger partial charge in [-0.15, -0.1) is 11.6 Å². The van der Waals surface area contributed by atoms with Crippen LogP contribution in [0.4, 0.5) is 0 Å². The Morgan fingerprint density at radius 1 is 1.38 bits per heavy atom. The fourth-order valence-electron chi connectivity index (χ4n) is 2.28. The minimum Gasteiger partial charge on any atom is -0.391 e. The Bertz CT molecular complexity index is 223. The molecule has 0 spiro atoms. The third kappa shape index (κ3) is 3.95. The summed E-state index contributed by atoms with van der Waals surface area (Å²) in [6.07, 6.45) is 5.88. The molecule has 2 unspecified atom stereocenters. The molecule has 0 aromatic heterocycles. The molecule has 1 amide bonds. The van der Waals surface area contributed by atoms with Gasteiger partial charge in [0.2, 0.25) is 5.91 Å². The first-order chi connectivity index (χ1) is 7.66. The highest BCUT2D eigenvalue weighted by molar-refractivity contribution is 6.17. The van der Waals surface area contributed by atoms with E-state index in [9.17, 15) is 9.90 Å². The highest BCUT2D eigenvalue weighted by atomic mass is 35.5. The van der Waals surface area contributed by atoms with Crippen molar-refractivity contribution < 1.29 is 9.90 Å². The average Bonchev–Trinajstić information content (AvgIpc) is 2.29. The maximum Gasteiger partial charge on any atom is 0.222 e. The number of nitrogens with zero attached hydrogens (tertiary/aromatic N) is 1. The van der Waals surface area contributed by atoms with E-state index in [1.165, 1.54) is 0 Å². The third-order valence-corrected chi connectivity index (χ3v) is 3.63. The van der Waals surface area contributed by atoms with E-state index >= 15 is 0 Å². The number of halogens is 1. The molecule has 0 radical (unpaired) electrons. The molecule has 16 heavy (non-hydrogen) atoms. The van der Waals surface area contributed by atoms with E-state index in [0.29, 0.717) is 12.3 Å². The second-order valence-corrected chi connectivity index (χ2v) is 4.95. The molecule has 1 N–H and O–H groups in total. The Morgan fingerprint density at radius 2 is 2.06 bits per heavy atom. The second kappa shape index (κ2) is 7.13. The van der Waals surface area contributed by atoms with E-state index in [4.69, 9.17) is 11.6 Å². The lowest BCUT2D eigenvalue weighted by Crippen LogP contribution is -2.46. The van der Waals surface area contributed by atoms with E-state index in [1.807, 2.05) is 7.05 Å². The van der Waals surface area contributed by atoms with Crippen molar-refractivity contribution >= 4 is 17.5 Å². The quantitative estimate of drug-likeness (QED) is 0.598. The molecule has 1 rings (SSSR count). The molecular weight excluding hydrogens is 226 g/mol. The number of likely N-dealkylation sites (N-methyl/N-ethyl adjacent to an activating group) is 1. The van der Waals surface area contributed by atoms with E-state index in [-0.39, 0.29) is 18.1 Å². The van der Waals surface area contributed by atoms with Crippen LogP contribution in [0, 0.1) is 0 Å². The SMILES string of the molecule is CN(C(=O)CCCCCl)C1CCCCC1O. The van der Waals surface area contributed by atoms with Crippen molar-refractivity contribution in [2.24, 2.45) is 0 Å². The van der Waals surface area contributed by atoms with E-state index in [1.54, 1.807) is 4.90 Å². The van der Waals surface area contributed by atoms with Crippen molar-refractivity contribution in [2.75, 3.05) is 12.9 Å². The van der Waals surface area contributed by atoms with Gasteiger partial charge in [0, 0.05) is 19.3 Å². The molecule has 0 saturated heterocycles. The van der Waals surface area contributed by atoms with Crippen molar-refractivity contribution in [2.45, 2.75) is 57.1 Å². The Kier molecular flexibility index (Phi) is 6.14. The van der Waals surface area contributed by atoms with Gasteiger partial charge in [-0.05, 0) is 25.7 Å². The highest BCUT2D eigenvalue weighted by Crippen LogP contribution is 2.23. The van der Waals surface area contributed by atoms with Crippen LogP contribution < -0.4 is 0 Å². The van der Waals surface area contributed by atoms with E-state index < -0.39 is 0 Å². The number of alkyl halides is 1. The normalized spacial score (nSPS) is 25.4. The molecular formula is C12H22ClNO2. The summed E-state index contributed by atoms with van der Waals surface area (Å²) in [6.45, 7) is 0. The standard InChI is InChI=1S/C12H22ClNO2/c1-14(12(16)8-4-5-9-13)10-6-2-3-7-11(10)15/h10-11,15H,2-9H2,1H3. The molecule has 4 heteroatoms. The fourth-order valence-corrected chi connectivity index (χ4v) is 2.46. The summed E-state index contributed by atoms with van der Waals surface area (Å²) in [5, 5.41) is 9.84. The molecule has 1 saturated carbocycles. The van der Waals surface area contributed by atoms with Gasteiger partial charge in [-0.3, -0.25) is 4.79 Å². The summed E-state index contributed by atoms with van der Waals surface area (Å²) in [4.78, 5) is 13.6. The van der Waals surface area contributed by atoms with Crippen LogP contribution in [0.2, 0.25) is 0 Å². The monoisotopic (exact) mass is 247 g/mol. The zero-order valence-electron chi connectivity index (χ0n) is 9.99. The number of amides is 1. The lowest BCUT2D eigenvalue weighted by atomic mass is 9.91. The number of aliphatic hydroxyl groups is 1. The lowest BCUT2D eigenvalue weighted by molar-refractivity contribution is -0.135. The summed E-state index contributed by atoms with van der Waals surface area (Å²) in [6, 6.07) is 0.0252. The number of aliphatic hydroxyl groups excluding tert-OH is 1. The molecule has 1 fully saturated rings. The Hall–Kier alpha value is -0.280. The Balaban J connectivity index is 2.36. The Labute approximate surface area is 103 Å². The van der Waals surface area contributed by atoms with Crippen LogP contribution in [-0.2, 0) is 4.79 Å². The van der Waals surface area contributed by atoms with Crippen LogP contribution in [0.5, 0.6) is 0 Å². The first-order valence-corrected chi connectivity index (χ1v) is 6.70. The van der Waals surface area contributed by atoms with Gasteiger partial charge in [-0.2, -0.15) is 0 Å². The fraction of sp³-hybridized carbons (Fsp3) is 0.917. The summed E-state index contributed by atoms with van der Waals surface area (Å²) >= 11 is 5.57. The lowest BCUT2D eigenvalue weighted by Gasteiger charge is -2.35. The third-order valence-electron chi connectivity index (χ3n) is 3.36. The largest absolute Gasteiger partial charge is 0.391 e. The molecule has 0 aliphatic heterocycles. The van der Waals surface area contributed by atoms with Gasteiger partial charge in [0.25, 0.3) is 0 Å². The minimum absolute atomic E-state index is 0.0252. The predicted molar refractivity (Wildman–Crippen MR) is 65.6 cm³/mol. The van der Waals surface area contributed by atoms with Crippen LogP contribution in [-0.4, -0.2) is 41.0 Å². The van der Waals surface area contributed by atoms with Crippen molar-refractivity contribution in [3.8, 4) is 0 Å². The maximum absolute atomic E-state index is 11.8. The van der Waals surface area contributed by atoms with Gasteiger partial charge in [0.15, 0.2) is 0 Å². The predicted octanol–water partition coefficient (Wildman–Crippen LogP) is 2.16. The van der Waals surface area contributed by atoms with Gasteiger partial charge >= 0.3 is 0 Å². The molecule has 0 aromatic rings. The average molecular weight is 248 g/mol. The van der Waals surface area contributed by atoms with Crippen LogP contribution in [0.25, 0.3) is 0 Å². The van der Waals surface area contributed by atoms with Gasteiger partial charge in [0.1, 0.15) is 0 Å². The topological polar surface area (TPSA) is 40.5 Å². The van der Waals surface area contributed by atoms with Crippen LogP contribution >= 0.6 is 11.6 Å². The van der Waals surface area contributed by atoms with E-state index in [0.717, 1.165) is 38.5 Å². The molecule has 3 nitrogen and oxygen atoms in total. The first kappa shape index (κ1) is 13.8. The van der Waals surface area contributed by atoms with Crippen molar-refractivity contribution in [1.82, 2.24) is 4.90 Å². The number of rotatable bonds is 5. The molecule has 0 aromatic carbocycles. The smallest absolute Gasteiger partial charge is 0.222 e. The number of carbonyl (C=O) groups excluding carboxylic acids is 1. The van der Waals surface area contributed by atoms with E-state index in [2.05, 4.69) is 0 Å². The number of unbranched alkanes of at least 4 members (excludes halogenated alkanes) is 1. The van der Waals surface area contributed by atoms with Gasteiger partial charge in [-0.25, -0.2) is 0 Å². The molecule has 0 bridgehead atoms. The Morgan fingerprint density at radius 3 is 2.69 bits per heavy atom. The number of hydrogen-bond donors (Lipinski definition) is 1. The van der Waals surface area contributed by atoms with Gasteiger partial charge in [-0.1, -0.05) is 12.8 Å². The zero-order valence-corrected chi connectivity index (χ0v) is 10.7. The van der Waals surface area contributed by atoms with Crippen molar-refractivity contribution in [3.63, 3.8) is 0 Å². The maximum atomic E-state index is 11.8. The second-order valence-electron chi connectivity index (χ2n) is 4.57. The molecule has 2 atom stereocenters. The summed E-state index contributed by atoms with van der Waals surface area (Å²) in [7, 11) is 1.81. The minimum atomic E-state index is -0.337. The van der Waals surface area contributed by atoms with Gasteiger partial charge < -0.3 is 10.0 Å². The zero-order chi connectivity index (χ0) is 12.0. The van der Waals surface area contributed by atoms with Crippen LogP contribution in [0.1, 0.15) is 44.9 Å². The number of hydrogen-bond acceptors (Lipinski definition) is 2. The summed E-state index contributed by atoms with van der Waals surface area (Å²) < 4.78 is 0. The van der Waals surface area contributed by atoms with Crippen molar-refractivity contribution in [3.05, 3.63) is 0 Å². The molecule has 94 valence electrons. The summed E-state index contributed by atoms with van der Waals surface area (Å²) in [5.41, 5.74) is 0. The molecule has 1 aliphatic rings. The van der Waals surface area contributed by atoms with Gasteiger partial charge in [0.05, 0.1) is 12.1 Å². The van der Waals surface area contributed by atoms with Crippen molar-refractivity contribution in [1.29, 1.82) is 0 Å². The highest BCUT2D eigenvalue weighted by Gasteiger charge is 2.28. The van der Waals surface area contributed by atoms with Crippen LogP contribution in [0.3, 0.4) is 0 Å². The summed E-state index contributed by atoms with van der Waals surface area (Å²) in [5.74, 6) is 0.749. The number of carbonyl (C=O) groups is 1. The molecule has 1 aliphatic carbocycles. The van der Waals surface area contributed by atoms with Crippen LogP contribution in [0.15, 0.2) is 0 Å². The first-order valence-electron chi connectivity index (χ1n) is 6.16. The molecule has 0 heterocycles.